The van der Waals surface area contributed by atoms with Crippen LogP contribution < -0.4 is 11.1 Å². The summed E-state index contributed by atoms with van der Waals surface area (Å²) < 4.78 is 0. The molecule has 4 N–H and O–H groups in total. The number of aromatic amines is 1. The summed E-state index contributed by atoms with van der Waals surface area (Å²) in [5.41, 5.74) is 7.16. The van der Waals surface area contributed by atoms with E-state index >= 15 is 0 Å². The molecule has 0 saturated carbocycles. The molecule has 1 unspecified atom stereocenters. The number of amides is 1. The lowest BCUT2D eigenvalue weighted by Gasteiger charge is -2.13. The third kappa shape index (κ3) is 2.60. The van der Waals surface area contributed by atoms with E-state index in [9.17, 15) is 4.79 Å². The number of hydrogen-bond acceptors (Lipinski definition) is 4. The minimum atomic E-state index is -0.300. The minimum Gasteiger partial charge on any atom is -0.397 e. The summed E-state index contributed by atoms with van der Waals surface area (Å²) in [6, 6.07) is 1.26. The SMILES string of the molecule is CC(NC(=O)c1cc(Cl)ncc1N)c1cn[nH]c1. The topological polar surface area (TPSA) is 96.7 Å². The molecule has 94 valence electrons. The Hall–Kier alpha value is -2.08. The summed E-state index contributed by atoms with van der Waals surface area (Å²) in [6.07, 6.45) is 4.72. The fourth-order valence-electron chi connectivity index (χ4n) is 1.49. The molecule has 2 aromatic heterocycles. The normalized spacial score (nSPS) is 12.1. The predicted molar refractivity (Wildman–Crippen MR) is 68.1 cm³/mol. The fraction of sp³-hybridized carbons (Fsp3) is 0.182. The van der Waals surface area contributed by atoms with Crippen molar-refractivity contribution in [2.45, 2.75) is 13.0 Å². The number of anilines is 1. The number of nitrogen functional groups attached to an aromatic ring is 1. The number of pyridine rings is 1. The molecule has 0 spiro atoms. The van der Waals surface area contributed by atoms with Crippen molar-refractivity contribution in [2.75, 3.05) is 5.73 Å². The van der Waals surface area contributed by atoms with Gasteiger partial charge in [-0.3, -0.25) is 9.89 Å². The van der Waals surface area contributed by atoms with Crippen molar-refractivity contribution in [3.05, 3.63) is 40.9 Å². The highest BCUT2D eigenvalue weighted by Gasteiger charge is 2.15. The van der Waals surface area contributed by atoms with Crippen LogP contribution in [0.2, 0.25) is 5.15 Å². The van der Waals surface area contributed by atoms with E-state index in [0.717, 1.165) is 5.56 Å². The van der Waals surface area contributed by atoms with E-state index in [0.29, 0.717) is 5.56 Å². The highest BCUT2D eigenvalue weighted by Crippen LogP contribution is 2.17. The molecule has 0 aromatic carbocycles. The summed E-state index contributed by atoms with van der Waals surface area (Å²) in [4.78, 5) is 15.8. The zero-order valence-electron chi connectivity index (χ0n) is 9.64. The van der Waals surface area contributed by atoms with Crippen molar-refractivity contribution in [3.8, 4) is 0 Å². The van der Waals surface area contributed by atoms with Gasteiger partial charge in [0.15, 0.2) is 0 Å². The van der Waals surface area contributed by atoms with Gasteiger partial charge in [0.05, 0.1) is 29.7 Å². The van der Waals surface area contributed by atoms with Crippen LogP contribution in [0, 0.1) is 0 Å². The molecule has 18 heavy (non-hydrogen) atoms. The van der Waals surface area contributed by atoms with Crippen LogP contribution in [-0.4, -0.2) is 21.1 Å². The second-order valence-electron chi connectivity index (χ2n) is 3.82. The Labute approximate surface area is 109 Å². The Balaban J connectivity index is 2.15. The molecular weight excluding hydrogens is 254 g/mol. The number of nitrogens with one attached hydrogen (secondary N) is 2. The van der Waals surface area contributed by atoms with Crippen LogP contribution in [-0.2, 0) is 0 Å². The molecule has 7 heteroatoms. The Morgan fingerprint density at radius 3 is 3.00 bits per heavy atom. The van der Waals surface area contributed by atoms with E-state index in [4.69, 9.17) is 17.3 Å². The first kappa shape index (κ1) is 12.4. The van der Waals surface area contributed by atoms with E-state index in [1.807, 2.05) is 6.92 Å². The average Bonchev–Trinajstić information content (AvgIpc) is 2.85. The molecule has 1 amide bonds. The zero-order valence-corrected chi connectivity index (χ0v) is 10.4. The van der Waals surface area contributed by atoms with E-state index in [2.05, 4.69) is 20.5 Å². The summed E-state index contributed by atoms with van der Waals surface area (Å²) in [6.45, 7) is 1.85. The molecule has 0 bridgehead atoms. The highest BCUT2D eigenvalue weighted by atomic mass is 35.5. The average molecular weight is 266 g/mol. The number of rotatable bonds is 3. The molecular formula is C11H12ClN5O. The number of nitrogens with zero attached hydrogens (tertiary/aromatic N) is 2. The first-order valence-corrected chi connectivity index (χ1v) is 5.66. The van der Waals surface area contributed by atoms with Crippen molar-refractivity contribution in [3.63, 3.8) is 0 Å². The first-order chi connectivity index (χ1) is 8.58. The number of H-pyrrole nitrogens is 1. The van der Waals surface area contributed by atoms with Crippen molar-refractivity contribution in [1.82, 2.24) is 20.5 Å². The maximum absolute atomic E-state index is 12.0. The van der Waals surface area contributed by atoms with Crippen LogP contribution in [0.15, 0.2) is 24.7 Å². The van der Waals surface area contributed by atoms with E-state index in [1.54, 1.807) is 12.4 Å². The smallest absolute Gasteiger partial charge is 0.254 e. The Kier molecular flexibility index (Phi) is 3.47. The molecule has 0 aliphatic rings. The number of nitrogens with two attached hydrogens (primary N) is 1. The molecule has 1 atom stereocenters. The number of hydrogen-bond donors (Lipinski definition) is 3. The van der Waals surface area contributed by atoms with Crippen LogP contribution in [0.3, 0.4) is 0 Å². The summed E-state index contributed by atoms with van der Waals surface area (Å²) in [7, 11) is 0. The summed E-state index contributed by atoms with van der Waals surface area (Å²) in [5, 5.41) is 9.54. The molecule has 0 saturated heterocycles. The maximum Gasteiger partial charge on any atom is 0.254 e. The van der Waals surface area contributed by atoms with Crippen molar-refractivity contribution < 1.29 is 4.79 Å². The Morgan fingerprint density at radius 2 is 2.33 bits per heavy atom. The lowest BCUT2D eigenvalue weighted by Crippen LogP contribution is -2.27. The fourth-order valence-corrected chi connectivity index (χ4v) is 1.65. The van der Waals surface area contributed by atoms with Gasteiger partial charge >= 0.3 is 0 Å². The predicted octanol–water partition coefficient (Wildman–Crippen LogP) is 1.53. The van der Waals surface area contributed by atoms with Gasteiger partial charge in [-0.25, -0.2) is 4.98 Å². The lowest BCUT2D eigenvalue weighted by atomic mass is 10.1. The van der Waals surface area contributed by atoms with Crippen LogP contribution in [0.25, 0.3) is 0 Å². The number of halogens is 1. The Morgan fingerprint density at radius 1 is 1.56 bits per heavy atom. The number of aromatic nitrogens is 3. The van der Waals surface area contributed by atoms with Crippen molar-refractivity contribution in [1.29, 1.82) is 0 Å². The van der Waals surface area contributed by atoms with Gasteiger partial charge in [-0.15, -0.1) is 0 Å². The van der Waals surface area contributed by atoms with Gasteiger partial charge in [0.1, 0.15) is 5.15 Å². The van der Waals surface area contributed by atoms with E-state index in [-0.39, 0.29) is 22.8 Å². The number of carbonyl (C=O) groups excluding carboxylic acids is 1. The van der Waals surface area contributed by atoms with Gasteiger partial charge in [-0.1, -0.05) is 11.6 Å². The molecule has 6 nitrogen and oxygen atoms in total. The lowest BCUT2D eigenvalue weighted by molar-refractivity contribution is 0.0940. The van der Waals surface area contributed by atoms with Gasteiger partial charge < -0.3 is 11.1 Å². The van der Waals surface area contributed by atoms with Crippen molar-refractivity contribution >= 4 is 23.2 Å². The molecule has 0 aliphatic carbocycles. The van der Waals surface area contributed by atoms with Crippen LogP contribution in [0.4, 0.5) is 5.69 Å². The first-order valence-electron chi connectivity index (χ1n) is 5.28. The minimum absolute atomic E-state index is 0.178. The Bertz CT molecular complexity index is 555. The van der Waals surface area contributed by atoms with Gasteiger partial charge in [-0.05, 0) is 13.0 Å². The second-order valence-corrected chi connectivity index (χ2v) is 4.21. The number of carbonyl (C=O) groups is 1. The van der Waals surface area contributed by atoms with Crippen LogP contribution in [0.1, 0.15) is 28.9 Å². The van der Waals surface area contributed by atoms with Crippen LogP contribution >= 0.6 is 11.6 Å². The van der Waals surface area contributed by atoms with E-state index in [1.165, 1.54) is 12.3 Å². The highest BCUT2D eigenvalue weighted by molar-refractivity contribution is 6.29. The van der Waals surface area contributed by atoms with Crippen molar-refractivity contribution in [2.24, 2.45) is 0 Å². The molecule has 0 radical (unpaired) electrons. The second kappa shape index (κ2) is 5.05. The quantitative estimate of drug-likeness (QED) is 0.733. The zero-order chi connectivity index (χ0) is 13.1. The van der Waals surface area contributed by atoms with Gasteiger partial charge in [0.2, 0.25) is 0 Å². The van der Waals surface area contributed by atoms with Gasteiger partial charge in [-0.2, -0.15) is 5.10 Å². The molecule has 2 heterocycles. The van der Waals surface area contributed by atoms with E-state index < -0.39 is 0 Å². The molecule has 0 fully saturated rings. The van der Waals surface area contributed by atoms with Crippen LogP contribution in [0.5, 0.6) is 0 Å². The standard InChI is InChI=1S/C11H12ClN5O/c1-6(7-3-15-16-4-7)17-11(18)8-2-10(12)14-5-9(8)13/h2-6H,13H2,1H3,(H,15,16)(H,17,18). The molecule has 2 aromatic rings. The van der Waals surface area contributed by atoms with Gasteiger partial charge in [0, 0.05) is 11.8 Å². The summed E-state index contributed by atoms with van der Waals surface area (Å²) >= 11 is 5.74. The molecule has 0 aliphatic heterocycles. The molecule has 2 rings (SSSR count). The monoisotopic (exact) mass is 265 g/mol. The summed E-state index contributed by atoms with van der Waals surface area (Å²) in [5.74, 6) is -0.300. The third-order valence-electron chi connectivity index (χ3n) is 2.51. The largest absolute Gasteiger partial charge is 0.397 e. The van der Waals surface area contributed by atoms with Gasteiger partial charge in [0.25, 0.3) is 5.91 Å². The maximum atomic E-state index is 12.0. The third-order valence-corrected chi connectivity index (χ3v) is 2.72.